The largest absolute Gasteiger partial charge is 0.319 e. The van der Waals surface area contributed by atoms with Crippen LogP contribution in [0.2, 0.25) is 0 Å². The smallest absolute Gasteiger partial charge is 0.239 e. The Morgan fingerprint density at radius 3 is 2.30 bits per heavy atom. The summed E-state index contributed by atoms with van der Waals surface area (Å²) in [6, 6.07) is 12.3. The lowest BCUT2D eigenvalue weighted by Gasteiger charge is -2.29. The molecule has 0 radical (unpaired) electrons. The molecule has 9 nitrogen and oxygen atoms in total. The summed E-state index contributed by atoms with van der Waals surface area (Å²) in [6.07, 6.45) is 7.35. The van der Waals surface area contributed by atoms with Gasteiger partial charge in [0, 0.05) is 0 Å². The number of hydrogen-bond donors (Lipinski definition) is 4. The molecule has 1 aliphatic carbocycles. The number of H-pyrrole nitrogens is 1. The number of aromatic amines is 1. The van der Waals surface area contributed by atoms with Gasteiger partial charge in [-0.3, -0.25) is 0 Å². The first-order chi connectivity index (χ1) is 17.9. The first kappa shape index (κ1) is 26.0. The van der Waals surface area contributed by atoms with Crippen molar-refractivity contribution in [2.75, 3.05) is 26.7 Å². The summed E-state index contributed by atoms with van der Waals surface area (Å²) in [6.45, 7) is 3.09. The highest BCUT2D eigenvalue weighted by Crippen LogP contribution is 2.40. The van der Waals surface area contributed by atoms with E-state index in [0.717, 1.165) is 74.8 Å². The average Bonchev–Trinajstić information content (AvgIpc) is 3.45. The Labute approximate surface area is 219 Å². The van der Waals surface area contributed by atoms with Crippen molar-refractivity contribution in [3.8, 4) is 22.5 Å². The molecule has 1 aromatic heterocycles. The van der Waals surface area contributed by atoms with E-state index in [1.54, 1.807) is 0 Å². The van der Waals surface area contributed by atoms with Crippen LogP contribution in [-0.2, 0) is 16.4 Å². The van der Waals surface area contributed by atoms with Crippen LogP contribution in [-0.4, -0.2) is 55.7 Å². The van der Waals surface area contributed by atoms with Gasteiger partial charge in [0.05, 0.1) is 10.5 Å². The Kier molecular flexibility index (Phi) is 7.99. The highest BCUT2D eigenvalue weighted by molar-refractivity contribution is 7.89. The van der Waals surface area contributed by atoms with Gasteiger partial charge in [-0.2, -0.15) is 5.21 Å². The fourth-order valence-electron chi connectivity index (χ4n) is 6.17. The molecule has 2 aromatic carbocycles. The number of sulfonamides is 1. The zero-order chi connectivity index (χ0) is 25.8. The van der Waals surface area contributed by atoms with E-state index in [0.29, 0.717) is 29.7 Å². The maximum absolute atomic E-state index is 13.1. The van der Waals surface area contributed by atoms with E-state index in [2.05, 4.69) is 55.5 Å². The number of primary sulfonamides is 1. The molecular formula is C27H37N7O2S. The zero-order valence-corrected chi connectivity index (χ0v) is 22.2. The molecule has 1 aliphatic heterocycles. The first-order valence-corrected chi connectivity index (χ1v) is 14.9. The average molecular weight is 524 g/mol. The molecule has 2 fully saturated rings. The molecule has 0 amide bonds. The third-order valence-corrected chi connectivity index (χ3v) is 9.13. The van der Waals surface area contributed by atoms with E-state index >= 15 is 0 Å². The Balaban J connectivity index is 1.52. The molecule has 2 aliphatic rings. The Hall–Kier alpha value is -2.66. The van der Waals surface area contributed by atoms with E-state index in [9.17, 15) is 8.42 Å². The quantitative estimate of drug-likeness (QED) is 0.356. The van der Waals surface area contributed by atoms with E-state index in [1.165, 1.54) is 5.56 Å². The van der Waals surface area contributed by atoms with Crippen LogP contribution >= 0.6 is 0 Å². The topological polar surface area (TPSA) is 139 Å². The number of piperidine rings is 1. The molecule has 0 atom stereocenters. The minimum Gasteiger partial charge on any atom is -0.319 e. The second kappa shape index (κ2) is 11.4. The van der Waals surface area contributed by atoms with Gasteiger partial charge >= 0.3 is 0 Å². The Bertz CT molecular complexity index is 1280. The van der Waals surface area contributed by atoms with E-state index < -0.39 is 10.0 Å². The maximum Gasteiger partial charge on any atom is 0.239 e. The summed E-state index contributed by atoms with van der Waals surface area (Å²) < 4.78 is 26.1. The van der Waals surface area contributed by atoms with Gasteiger partial charge in [0.1, 0.15) is 0 Å². The predicted molar refractivity (Wildman–Crippen MR) is 144 cm³/mol. The highest BCUT2D eigenvalue weighted by atomic mass is 32.2. The van der Waals surface area contributed by atoms with E-state index in [-0.39, 0.29) is 10.7 Å². The van der Waals surface area contributed by atoms with Crippen molar-refractivity contribution in [3.63, 3.8) is 0 Å². The Morgan fingerprint density at radius 2 is 1.68 bits per heavy atom. The summed E-state index contributed by atoms with van der Waals surface area (Å²) in [5.74, 6) is 1.88. The van der Waals surface area contributed by atoms with Crippen LogP contribution in [0.25, 0.3) is 22.5 Å². The molecule has 0 spiro atoms. The van der Waals surface area contributed by atoms with Crippen LogP contribution in [0.1, 0.15) is 55.6 Å². The van der Waals surface area contributed by atoms with Gasteiger partial charge in [-0.1, -0.05) is 36.4 Å². The van der Waals surface area contributed by atoms with Gasteiger partial charge in [-0.15, -0.1) is 10.2 Å². The summed E-state index contributed by atoms with van der Waals surface area (Å²) in [5.41, 5.74) is 4.11. The van der Waals surface area contributed by atoms with Crippen LogP contribution in [0.15, 0.2) is 41.3 Å². The maximum atomic E-state index is 13.1. The van der Waals surface area contributed by atoms with Crippen LogP contribution in [0.3, 0.4) is 0 Å². The zero-order valence-electron chi connectivity index (χ0n) is 21.4. The van der Waals surface area contributed by atoms with Gasteiger partial charge in [0.15, 0.2) is 0 Å². The van der Waals surface area contributed by atoms with E-state index in [4.69, 9.17) is 5.14 Å². The molecule has 1 saturated heterocycles. The van der Waals surface area contributed by atoms with E-state index in [1.807, 2.05) is 19.2 Å². The number of tetrazole rings is 1. The van der Waals surface area contributed by atoms with Crippen molar-refractivity contribution in [2.24, 2.45) is 17.0 Å². The summed E-state index contributed by atoms with van der Waals surface area (Å²) in [5, 5.41) is 27.1. The molecule has 37 heavy (non-hydrogen) atoms. The molecule has 3 aromatic rings. The third kappa shape index (κ3) is 5.93. The Morgan fingerprint density at radius 1 is 0.973 bits per heavy atom. The monoisotopic (exact) mass is 523 g/mol. The number of nitrogens with one attached hydrogen (secondary N) is 3. The summed E-state index contributed by atoms with van der Waals surface area (Å²) in [7, 11) is -2.06. The molecule has 1 saturated carbocycles. The van der Waals surface area contributed by atoms with Crippen LogP contribution in [0, 0.1) is 11.8 Å². The van der Waals surface area contributed by atoms with Gasteiger partial charge in [-0.05, 0) is 117 Å². The molecule has 198 valence electrons. The van der Waals surface area contributed by atoms with Crippen molar-refractivity contribution >= 4 is 10.0 Å². The van der Waals surface area contributed by atoms with Gasteiger partial charge in [0.2, 0.25) is 15.8 Å². The minimum atomic E-state index is -4.05. The number of benzene rings is 2. The van der Waals surface area contributed by atoms with Crippen LogP contribution < -0.4 is 15.8 Å². The molecule has 10 heteroatoms. The van der Waals surface area contributed by atoms with Crippen molar-refractivity contribution in [3.05, 3.63) is 47.5 Å². The van der Waals surface area contributed by atoms with Crippen molar-refractivity contribution < 1.29 is 8.42 Å². The summed E-state index contributed by atoms with van der Waals surface area (Å²) in [4.78, 5) is 0.117. The molecule has 5 N–H and O–H groups in total. The van der Waals surface area contributed by atoms with Crippen molar-refractivity contribution in [2.45, 2.75) is 55.8 Å². The number of aromatic nitrogens is 4. The number of rotatable bonds is 8. The number of nitrogens with two attached hydrogens (primary N) is 1. The lowest BCUT2D eigenvalue weighted by atomic mass is 9.79. The van der Waals surface area contributed by atoms with Gasteiger partial charge < -0.3 is 10.6 Å². The second-order valence-corrected chi connectivity index (χ2v) is 12.0. The second-order valence-electron chi connectivity index (χ2n) is 10.6. The predicted octanol–water partition coefficient (Wildman–Crippen LogP) is 3.22. The fraction of sp³-hybridized carbons (Fsp3) is 0.519. The third-order valence-electron chi connectivity index (χ3n) is 8.09. The SMILES string of the molecule is CNCC1CCC(Cc2ccc(-c3ccc(C4CCNCC4)cc3)c(-c3nn[nH]n3)c2S(N)(=O)=O)CC1. The fourth-order valence-corrected chi connectivity index (χ4v) is 7.17. The highest BCUT2D eigenvalue weighted by Gasteiger charge is 2.29. The van der Waals surface area contributed by atoms with Crippen molar-refractivity contribution in [1.82, 2.24) is 31.3 Å². The summed E-state index contributed by atoms with van der Waals surface area (Å²) >= 11 is 0. The molecule has 0 bridgehead atoms. The minimum absolute atomic E-state index is 0.117. The lowest BCUT2D eigenvalue weighted by molar-refractivity contribution is 0.269. The van der Waals surface area contributed by atoms with Crippen LogP contribution in [0.4, 0.5) is 0 Å². The van der Waals surface area contributed by atoms with Gasteiger partial charge in [-0.25, -0.2) is 13.6 Å². The van der Waals surface area contributed by atoms with Gasteiger partial charge in [0.25, 0.3) is 0 Å². The van der Waals surface area contributed by atoms with Crippen LogP contribution in [0.5, 0.6) is 0 Å². The lowest BCUT2D eigenvalue weighted by Crippen LogP contribution is -2.26. The molecule has 5 rings (SSSR count). The molecule has 0 unspecified atom stereocenters. The normalized spacial score (nSPS) is 21.2. The molecule has 2 heterocycles. The first-order valence-electron chi connectivity index (χ1n) is 13.3. The standard InChI is InChI=1S/C27H37N7O2S/c1-29-17-19-4-2-18(3-5-19)16-23-10-11-24(25(26(23)37(28,35)36)27-31-33-34-32-27)22-8-6-20(7-9-22)21-12-14-30-15-13-21/h6-11,18-19,21,29-30H,2-5,12-17H2,1H3,(H2,28,35,36)(H,31,32,33,34). The van der Waals surface area contributed by atoms with Crippen molar-refractivity contribution in [1.29, 1.82) is 0 Å². The number of nitrogens with zero attached hydrogens (tertiary/aromatic N) is 3. The molecular weight excluding hydrogens is 486 g/mol. The number of hydrogen-bond acceptors (Lipinski definition) is 7.